The van der Waals surface area contributed by atoms with E-state index in [2.05, 4.69) is 25.2 Å². The van der Waals surface area contributed by atoms with Gasteiger partial charge in [0, 0.05) is 38.2 Å². The number of carbonyl (C=O) groups is 1. The molecule has 0 bridgehead atoms. The van der Waals surface area contributed by atoms with E-state index >= 15 is 0 Å². The Hall–Kier alpha value is -3.66. The molecule has 1 amide bonds. The summed E-state index contributed by atoms with van der Waals surface area (Å²) in [6, 6.07) is 9.98. The van der Waals surface area contributed by atoms with Crippen molar-refractivity contribution >= 4 is 27.3 Å². The zero-order valence-corrected chi connectivity index (χ0v) is 18.0. The van der Waals surface area contributed by atoms with Crippen LogP contribution < -0.4 is 10.2 Å². The van der Waals surface area contributed by atoms with E-state index < -0.39 is 9.84 Å². The largest absolute Gasteiger partial charge is 0.348 e. The number of benzene rings is 1. The number of aromatic amines is 1. The summed E-state index contributed by atoms with van der Waals surface area (Å²) in [7, 11) is -3.69. The third-order valence-corrected chi connectivity index (χ3v) is 7.25. The highest BCUT2D eigenvalue weighted by atomic mass is 32.2. The smallest absolute Gasteiger partial charge is 0.253 e. The summed E-state index contributed by atoms with van der Waals surface area (Å²) in [5.74, 6) is 0.374. The summed E-state index contributed by atoms with van der Waals surface area (Å²) in [6.07, 6.45) is 8.70. The zero-order chi connectivity index (χ0) is 22.1. The maximum Gasteiger partial charge on any atom is 0.253 e. The lowest BCUT2D eigenvalue weighted by atomic mass is 10.2. The first-order valence-corrected chi connectivity index (χ1v) is 11.8. The lowest BCUT2D eigenvalue weighted by Crippen LogP contribution is -2.23. The van der Waals surface area contributed by atoms with Gasteiger partial charge in [0.25, 0.3) is 5.91 Å². The maximum absolute atomic E-state index is 12.9. The number of nitrogens with one attached hydrogen (secondary N) is 2. The molecule has 1 aromatic carbocycles. The average molecular weight is 451 g/mol. The van der Waals surface area contributed by atoms with Crippen LogP contribution in [0, 0.1) is 0 Å². The first-order valence-electron chi connectivity index (χ1n) is 10.4. The molecular formula is C22H22N6O3S. The van der Waals surface area contributed by atoms with E-state index in [9.17, 15) is 13.2 Å². The van der Waals surface area contributed by atoms with Gasteiger partial charge in [-0.3, -0.25) is 4.79 Å². The fourth-order valence-corrected chi connectivity index (χ4v) is 4.94. The Labute approximate surface area is 185 Å². The Kier molecular flexibility index (Phi) is 5.14. The molecule has 1 fully saturated rings. The van der Waals surface area contributed by atoms with Gasteiger partial charge in [0.15, 0.2) is 5.03 Å². The number of sulfone groups is 1. The van der Waals surface area contributed by atoms with Crippen molar-refractivity contribution in [2.75, 3.05) is 18.0 Å². The number of hydrogen-bond donors (Lipinski definition) is 2. The predicted molar refractivity (Wildman–Crippen MR) is 118 cm³/mol. The Morgan fingerprint density at radius 3 is 2.62 bits per heavy atom. The molecule has 5 rings (SSSR count). The van der Waals surface area contributed by atoms with Gasteiger partial charge in [0.1, 0.15) is 5.65 Å². The van der Waals surface area contributed by atoms with E-state index in [0.717, 1.165) is 37.1 Å². The molecule has 32 heavy (non-hydrogen) atoms. The number of fused-ring (bicyclic) bond motifs is 1. The lowest BCUT2D eigenvalue weighted by molar-refractivity contribution is 0.0950. The van der Waals surface area contributed by atoms with Gasteiger partial charge in [-0.25, -0.2) is 18.4 Å². The van der Waals surface area contributed by atoms with Crippen LogP contribution in [0.1, 0.15) is 28.8 Å². The minimum Gasteiger partial charge on any atom is -0.348 e. The number of hydrogen-bond acceptors (Lipinski definition) is 6. The normalized spacial score (nSPS) is 14.2. The molecule has 0 radical (unpaired) electrons. The van der Waals surface area contributed by atoms with E-state index in [-0.39, 0.29) is 22.4 Å². The van der Waals surface area contributed by atoms with Crippen LogP contribution in [0.4, 0.5) is 5.95 Å². The molecular weight excluding hydrogens is 428 g/mol. The molecule has 1 aliphatic rings. The average Bonchev–Trinajstić information content (AvgIpc) is 3.58. The summed E-state index contributed by atoms with van der Waals surface area (Å²) in [4.78, 5) is 26.0. The van der Waals surface area contributed by atoms with Gasteiger partial charge >= 0.3 is 0 Å². The molecule has 10 heteroatoms. The highest BCUT2D eigenvalue weighted by Crippen LogP contribution is 2.23. The maximum atomic E-state index is 12.9. The molecule has 2 N–H and O–H groups in total. The number of imidazole rings is 2. The van der Waals surface area contributed by atoms with Crippen LogP contribution in [0.15, 0.2) is 71.1 Å². The monoisotopic (exact) mass is 450 g/mol. The fourth-order valence-electron chi connectivity index (χ4n) is 3.77. The number of amides is 1. The van der Waals surface area contributed by atoms with Crippen LogP contribution in [0.25, 0.3) is 5.65 Å². The molecule has 0 unspecified atom stereocenters. The summed E-state index contributed by atoms with van der Waals surface area (Å²) in [5, 5.41) is 2.93. The SMILES string of the molecule is O=C(NCc1ccc(S(=O)(=O)c2cnc(N3CCCC3)[nH]2)cc1)c1ccc2nccn2c1. The van der Waals surface area contributed by atoms with Crippen LogP contribution in [-0.2, 0) is 16.4 Å². The Morgan fingerprint density at radius 1 is 1.06 bits per heavy atom. The summed E-state index contributed by atoms with van der Waals surface area (Å²) in [5.41, 5.74) is 2.08. The Bertz CT molecular complexity index is 1370. The molecule has 9 nitrogen and oxygen atoms in total. The number of aromatic nitrogens is 4. The molecule has 4 aromatic rings. The van der Waals surface area contributed by atoms with E-state index in [1.807, 2.05) is 0 Å². The molecule has 4 heterocycles. The van der Waals surface area contributed by atoms with Crippen molar-refractivity contribution in [3.8, 4) is 0 Å². The van der Waals surface area contributed by atoms with E-state index in [1.54, 1.807) is 59.4 Å². The van der Waals surface area contributed by atoms with Crippen molar-refractivity contribution in [3.63, 3.8) is 0 Å². The molecule has 0 spiro atoms. The highest BCUT2D eigenvalue weighted by molar-refractivity contribution is 7.91. The number of anilines is 1. The zero-order valence-electron chi connectivity index (χ0n) is 17.2. The number of rotatable bonds is 6. The minimum atomic E-state index is -3.69. The van der Waals surface area contributed by atoms with Gasteiger partial charge in [0.2, 0.25) is 15.8 Å². The van der Waals surface area contributed by atoms with Gasteiger partial charge in [-0.1, -0.05) is 12.1 Å². The van der Waals surface area contributed by atoms with Crippen LogP contribution in [0.5, 0.6) is 0 Å². The second-order valence-corrected chi connectivity index (χ2v) is 9.62. The van der Waals surface area contributed by atoms with Gasteiger partial charge in [0.05, 0.1) is 16.7 Å². The predicted octanol–water partition coefficient (Wildman–Crippen LogP) is 2.42. The summed E-state index contributed by atoms with van der Waals surface area (Å²) < 4.78 is 27.7. The molecule has 164 valence electrons. The van der Waals surface area contributed by atoms with Gasteiger partial charge < -0.3 is 19.6 Å². The van der Waals surface area contributed by atoms with Crippen molar-refractivity contribution in [1.82, 2.24) is 24.7 Å². The number of H-pyrrole nitrogens is 1. The van der Waals surface area contributed by atoms with Crippen molar-refractivity contribution in [3.05, 3.63) is 72.3 Å². The number of pyridine rings is 1. The molecule has 0 aliphatic carbocycles. The molecule has 3 aromatic heterocycles. The lowest BCUT2D eigenvalue weighted by Gasteiger charge is -2.12. The van der Waals surface area contributed by atoms with Crippen LogP contribution in [0.3, 0.4) is 0 Å². The van der Waals surface area contributed by atoms with Crippen molar-refractivity contribution < 1.29 is 13.2 Å². The summed E-state index contributed by atoms with van der Waals surface area (Å²) in [6.45, 7) is 2.04. The number of carbonyl (C=O) groups excluding carboxylic acids is 1. The van der Waals surface area contributed by atoms with E-state index in [4.69, 9.17) is 0 Å². The van der Waals surface area contributed by atoms with Gasteiger partial charge in [-0.15, -0.1) is 0 Å². The van der Waals surface area contributed by atoms with Crippen LogP contribution in [0.2, 0.25) is 0 Å². The second kappa shape index (κ2) is 8.12. The first kappa shape index (κ1) is 20.3. The van der Waals surface area contributed by atoms with Crippen LogP contribution >= 0.6 is 0 Å². The van der Waals surface area contributed by atoms with Gasteiger partial charge in [-0.05, 0) is 42.7 Å². The third-order valence-electron chi connectivity index (χ3n) is 5.57. The van der Waals surface area contributed by atoms with E-state index in [0.29, 0.717) is 11.5 Å². The second-order valence-electron chi connectivity index (χ2n) is 7.71. The molecule has 1 aliphatic heterocycles. The third kappa shape index (κ3) is 3.84. The van der Waals surface area contributed by atoms with Crippen molar-refractivity contribution in [2.24, 2.45) is 0 Å². The fraction of sp³-hybridized carbons (Fsp3) is 0.227. The number of nitrogens with zero attached hydrogens (tertiary/aromatic N) is 4. The first-order chi connectivity index (χ1) is 15.5. The van der Waals surface area contributed by atoms with Crippen molar-refractivity contribution in [1.29, 1.82) is 0 Å². The van der Waals surface area contributed by atoms with Gasteiger partial charge in [-0.2, -0.15) is 0 Å². The molecule has 0 atom stereocenters. The van der Waals surface area contributed by atoms with Crippen molar-refractivity contribution in [2.45, 2.75) is 29.3 Å². The topological polar surface area (TPSA) is 112 Å². The molecule has 0 saturated carbocycles. The summed E-state index contributed by atoms with van der Waals surface area (Å²) >= 11 is 0. The van der Waals surface area contributed by atoms with E-state index in [1.165, 1.54) is 6.20 Å². The Balaban J connectivity index is 1.25. The Morgan fingerprint density at radius 2 is 1.84 bits per heavy atom. The standard InChI is InChI=1S/C22H22N6O3S/c29-21(17-5-8-19-23-9-12-28(19)15-17)24-13-16-3-6-18(7-4-16)32(30,31)20-14-25-22(26-20)27-10-1-2-11-27/h3-9,12,14-15H,1-2,10-11,13H2,(H,24,29)(H,25,26). The minimum absolute atomic E-state index is 0.0790. The molecule has 1 saturated heterocycles. The quantitative estimate of drug-likeness (QED) is 0.467. The van der Waals surface area contributed by atoms with Crippen LogP contribution in [-0.4, -0.2) is 46.8 Å². The highest BCUT2D eigenvalue weighted by Gasteiger charge is 2.23.